The number of amides is 2. The molecule has 0 aliphatic heterocycles. The zero-order valence-corrected chi connectivity index (χ0v) is 23.9. The Hall–Kier alpha value is -2.98. The van der Waals surface area contributed by atoms with Gasteiger partial charge in [-0.1, -0.05) is 59.1 Å². The normalized spacial score (nSPS) is 11.9. The third-order valence-corrected chi connectivity index (χ3v) is 8.61. The van der Waals surface area contributed by atoms with E-state index in [1.54, 1.807) is 43.3 Å². The van der Waals surface area contributed by atoms with Gasteiger partial charge < -0.3 is 15.0 Å². The van der Waals surface area contributed by atoms with Gasteiger partial charge in [-0.2, -0.15) is 0 Å². The van der Waals surface area contributed by atoms with E-state index in [1.165, 1.54) is 49.4 Å². The van der Waals surface area contributed by atoms with Gasteiger partial charge in [0, 0.05) is 13.6 Å². The molecule has 0 aliphatic rings. The first-order chi connectivity index (χ1) is 18.0. The molecule has 0 radical (unpaired) electrons. The minimum atomic E-state index is -4.21. The second-order valence-corrected chi connectivity index (χ2v) is 11.3. The summed E-state index contributed by atoms with van der Waals surface area (Å²) in [6.07, 6.45) is 0. The lowest BCUT2D eigenvalue weighted by Gasteiger charge is -2.32. The minimum absolute atomic E-state index is 0.0184. The number of methoxy groups -OCH3 is 1. The van der Waals surface area contributed by atoms with Gasteiger partial charge in [0.25, 0.3) is 10.0 Å². The molecule has 3 rings (SSSR count). The Morgan fingerprint density at radius 2 is 1.63 bits per heavy atom. The highest BCUT2D eigenvalue weighted by molar-refractivity contribution is 7.92. The zero-order chi connectivity index (χ0) is 28.0. The number of ether oxygens (including phenoxy) is 1. The van der Waals surface area contributed by atoms with Gasteiger partial charge in [0.2, 0.25) is 11.8 Å². The Morgan fingerprint density at radius 1 is 0.947 bits per heavy atom. The van der Waals surface area contributed by atoms with E-state index in [0.29, 0.717) is 16.3 Å². The molecule has 1 atom stereocenters. The first-order valence-corrected chi connectivity index (χ1v) is 13.9. The predicted octanol–water partition coefficient (Wildman–Crippen LogP) is 5.01. The van der Waals surface area contributed by atoms with Crippen LogP contribution in [-0.2, 0) is 26.2 Å². The fourth-order valence-corrected chi connectivity index (χ4v) is 5.68. The van der Waals surface area contributed by atoms with E-state index < -0.39 is 34.4 Å². The Morgan fingerprint density at radius 3 is 2.21 bits per heavy atom. The molecule has 0 saturated heterocycles. The Kier molecular flexibility index (Phi) is 9.89. The van der Waals surface area contributed by atoms with E-state index in [1.807, 2.05) is 0 Å². The smallest absolute Gasteiger partial charge is 0.264 e. The van der Waals surface area contributed by atoms with Crippen molar-refractivity contribution >= 4 is 62.3 Å². The van der Waals surface area contributed by atoms with Gasteiger partial charge in [0.1, 0.15) is 18.3 Å². The van der Waals surface area contributed by atoms with Crippen molar-refractivity contribution in [3.05, 3.63) is 87.4 Å². The maximum Gasteiger partial charge on any atom is 0.264 e. The summed E-state index contributed by atoms with van der Waals surface area (Å²) in [4.78, 5) is 27.6. The summed E-state index contributed by atoms with van der Waals surface area (Å²) in [5, 5.41) is 3.31. The van der Waals surface area contributed by atoms with Gasteiger partial charge in [0.15, 0.2) is 0 Å². The number of benzene rings is 3. The maximum atomic E-state index is 13.8. The van der Waals surface area contributed by atoms with Crippen molar-refractivity contribution in [1.29, 1.82) is 0 Å². The number of carbonyl (C=O) groups is 2. The molecule has 0 saturated carbocycles. The number of nitrogens with one attached hydrogen (secondary N) is 1. The Labute approximate surface area is 237 Å². The molecule has 0 fully saturated rings. The van der Waals surface area contributed by atoms with Gasteiger partial charge in [-0.25, -0.2) is 8.42 Å². The lowest BCUT2D eigenvalue weighted by molar-refractivity contribution is -0.139. The van der Waals surface area contributed by atoms with Crippen LogP contribution in [0.25, 0.3) is 0 Å². The van der Waals surface area contributed by atoms with Gasteiger partial charge in [0.05, 0.1) is 32.8 Å². The van der Waals surface area contributed by atoms with Gasteiger partial charge in [-0.3, -0.25) is 13.9 Å². The molecular formula is C26H26Cl3N3O5S. The summed E-state index contributed by atoms with van der Waals surface area (Å²) < 4.78 is 33.6. The summed E-state index contributed by atoms with van der Waals surface area (Å²) in [6.45, 7) is 0.921. The van der Waals surface area contributed by atoms with Crippen LogP contribution in [0.15, 0.2) is 71.6 Å². The highest BCUT2D eigenvalue weighted by Crippen LogP contribution is 2.32. The highest BCUT2D eigenvalue weighted by Gasteiger charge is 2.32. The molecule has 1 N–H and O–H groups in total. The number of hydrogen-bond donors (Lipinski definition) is 1. The van der Waals surface area contributed by atoms with Crippen LogP contribution >= 0.6 is 34.8 Å². The van der Waals surface area contributed by atoms with E-state index >= 15 is 0 Å². The van der Waals surface area contributed by atoms with E-state index in [4.69, 9.17) is 39.5 Å². The summed E-state index contributed by atoms with van der Waals surface area (Å²) in [5.41, 5.74) is 0.753. The topological polar surface area (TPSA) is 96.0 Å². The van der Waals surface area contributed by atoms with Gasteiger partial charge in [-0.05, 0) is 55.0 Å². The molecule has 2 amide bonds. The fourth-order valence-electron chi connectivity index (χ4n) is 3.69. The highest BCUT2D eigenvalue weighted by atomic mass is 35.5. The first-order valence-electron chi connectivity index (χ1n) is 11.4. The SMILES string of the molecule is CNC(=O)C(C)N(Cc1ccc(Cl)c(Cl)c1)C(=O)CN(c1ccc(OC)c(Cl)c1)S(=O)(=O)c1ccccc1. The van der Waals surface area contributed by atoms with Crippen molar-refractivity contribution in [2.45, 2.75) is 24.4 Å². The Bertz CT molecular complexity index is 1420. The molecule has 0 bridgehead atoms. The standard InChI is InChI=1S/C26H26Cl3N3O5S/c1-17(26(34)30-2)31(15-18-9-11-21(27)22(28)13-18)25(33)16-32(19-10-12-24(37-3)23(29)14-19)38(35,36)20-7-5-4-6-8-20/h4-14,17H,15-16H2,1-3H3,(H,30,34). The van der Waals surface area contributed by atoms with E-state index in [2.05, 4.69) is 5.32 Å². The molecule has 0 aromatic heterocycles. The second kappa shape index (κ2) is 12.7. The third-order valence-electron chi connectivity index (χ3n) is 5.78. The fraction of sp³-hybridized carbons (Fsp3) is 0.231. The molecule has 0 heterocycles. The van der Waals surface area contributed by atoms with Crippen molar-refractivity contribution in [2.75, 3.05) is 25.0 Å². The monoisotopic (exact) mass is 597 g/mol. The summed E-state index contributed by atoms with van der Waals surface area (Å²) in [6, 6.07) is 16.0. The van der Waals surface area contributed by atoms with Gasteiger partial charge >= 0.3 is 0 Å². The summed E-state index contributed by atoms with van der Waals surface area (Å²) >= 11 is 18.5. The van der Waals surface area contributed by atoms with E-state index in [0.717, 1.165) is 4.31 Å². The number of halogens is 3. The van der Waals surface area contributed by atoms with Crippen LogP contribution in [0.1, 0.15) is 12.5 Å². The molecule has 202 valence electrons. The molecular weight excluding hydrogens is 573 g/mol. The van der Waals surface area contributed by atoms with Crippen LogP contribution in [0, 0.1) is 0 Å². The summed E-state index contributed by atoms with van der Waals surface area (Å²) in [7, 11) is -1.32. The molecule has 8 nitrogen and oxygen atoms in total. The molecule has 0 spiro atoms. The van der Waals surface area contributed by atoms with Crippen LogP contribution in [-0.4, -0.2) is 51.9 Å². The molecule has 1 unspecified atom stereocenters. The van der Waals surface area contributed by atoms with Crippen LogP contribution in [0.2, 0.25) is 15.1 Å². The third kappa shape index (κ3) is 6.71. The number of hydrogen-bond acceptors (Lipinski definition) is 5. The van der Waals surface area contributed by atoms with Crippen LogP contribution in [0.5, 0.6) is 5.75 Å². The molecule has 3 aromatic carbocycles. The number of nitrogens with zero attached hydrogens (tertiary/aromatic N) is 2. The van der Waals surface area contributed by atoms with E-state index in [-0.39, 0.29) is 27.2 Å². The minimum Gasteiger partial charge on any atom is -0.495 e. The van der Waals surface area contributed by atoms with Crippen molar-refractivity contribution in [3.8, 4) is 5.75 Å². The van der Waals surface area contributed by atoms with Crippen molar-refractivity contribution < 1.29 is 22.7 Å². The number of rotatable bonds is 10. The first kappa shape index (κ1) is 29.6. The Balaban J connectivity index is 2.06. The number of anilines is 1. The molecule has 12 heteroatoms. The lowest BCUT2D eigenvalue weighted by Crippen LogP contribution is -2.50. The average Bonchev–Trinajstić information content (AvgIpc) is 2.91. The second-order valence-electron chi connectivity index (χ2n) is 8.20. The zero-order valence-electron chi connectivity index (χ0n) is 20.8. The maximum absolute atomic E-state index is 13.8. The van der Waals surface area contributed by atoms with Crippen molar-refractivity contribution in [3.63, 3.8) is 0 Å². The van der Waals surface area contributed by atoms with E-state index in [9.17, 15) is 18.0 Å². The van der Waals surface area contributed by atoms with Crippen molar-refractivity contribution in [1.82, 2.24) is 10.2 Å². The number of carbonyl (C=O) groups excluding carboxylic acids is 2. The van der Waals surface area contributed by atoms with Crippen LogP contribution in [0.3, 0.4) is 0 Å². The number of likely N-dealkylation sites (N-methyl/N-ethyl adjacent to an activating group) is 1. The van der Waals surface area contributed by atoms with Crippen molar-refractivity contribution in [2.24, 2.45) is 0 Å². The largest absolute Gasteiger partial charge is 0.495 e. The predicted molar refractivity (Wildman–Crippen MR) is 150 cm³/mol. The van der Waals surface area contributed by atoms with Gasteiger partial charge in [-0.15, -0.1) is 0 Å². The molecule has 3 aromatic rings. The number of sulfonamides is 1. The molecule has 38 heavy (non-hydrogen) atoms. The lowest BCUT2D eigenvalue weighted by atomic mass is 10.1. The quantitative estimate of drug-likeness (QED) is 0.354. The van der Waals surface area contributed by atoms with Crippen LogP contribution in [0.4, 0.5) is 5.69 Å². The average molecular weight is 599 g/mol. The summed E-state index contributed by atoms with van der Waals surface area (Å²) in [5.74, 6) is -0.713. The molecule has 0 aliphatic carbocycles. The van der Waals surface area contributed by atoms with Crippen LogP contribution < -0.4 is 14.4 Å².